The molecule has 264 valence electrons. The van der Waals surface area contributed by atoms with Crippen molar-refractivity contribution in [2.45, 2.75) is 54.4 Å². The van der Waals surface area contributed by atoms with Gasteiger partial charge >= 0.3 is 90.5 Å². The molecule has 3 unspecified atom stereocenters. The molecule has 0 bridgehead atoms. The highest BCUT2D eigenvalue weighted by Crippen LogP contribution is 2.59. The van der Waals surface area contributed by atoms with E-state index in [4.69, 9.17) is 0 Å². The number of alkyl halides is 18. The molecule has 3 aliphatic heterocycles. The second-order valence-corrected chi connectivity index (χ2v) is 7.09. The van der Waals surface area contributed by atoms with Gasteiger partial charge in [0, 0.05) is 0 Å². The highest BCUT2D eigenvalue weighted by molar-refractivity contribution is 5.09. The van der Waals surface area contributed by atoms with E-state index in [1.165, 1.54) is 0 Å². The minimum Gasteiger partial charge on any atom is -0.409 e. The van der Waals surface area contributed by atoms with Gasteiger partial charge in [-0.3, -0.25) is 0 Å². The molecule has 45 heavy (non-hydrogen) atoms. The Kier molecular flexibility index (Phi) is 9.88. The van der Waals surface area contributed by atoms with Gasteiger partial charge in [0.2, 0.25) is 0 Å². The average molecular weight is 732 g/mol. The number of hydrogen-bond donors (Lipinski definition) is 0. The van der Waals surface area contributed by atoms with Crippen molar-refractivity contribution >= 4 is 0 Å². The molecular weight excluding hydrogens is 732 g/mol. The Bertz CT molecular complexity index is 1150. The van der Waals surface area contributed by atoms with Crippen molar-refractivity contribution in [1.29, 1.82) is 0 Å². The van der Waals surface area contributed by atoms with Crippen LogP contribution in [0.5, 0.6) is 0 Å². The smallest absolute Gasteiger partial charge is 0.409 e. The minimum atomic E-state index is -6.60. The first-order valence-electron chi connectivity index (χ1n) is 9.24. The van der Waals surface area contributed by atoms with Crippen molar-refractivity contribution in [2.75, 3.05) is 0 Å². The molecule has 30 heteroatoms. The van der Waals surface area contributed by atoms with Crippen LogP contribution in [0, 0.1) is 0 Å². The lowest BCUT2D eigenvalue weighted by molar-refractivity contribution is -0.422. The van der Waals surface area contributed by atoms with Gasteiger partial charge in [-0.15, -0.1) is 0 Å². The van der Waals surface area contributed by atoms with E-state index in [0.29, 0.717) is 0 Å². The Morgan fingerprint density at radius 1 is 0.333 bits per heavy atom. The van der Waals surface area contributed by atoms with Gasteiger partial charge in [0.05, 0.1) is 0 Å². The Labute approximate surface area is 225 Å². The van der Waals surface area contributed by atoms with Gasteiger partial charge in [-0.05, 0) is 0 Å². The summed E-state index contributed by atoms with van der Waals surface area (Å²) in [7, 11) is 0. The third-order valence-corrected chi connectivity index (χ3v) is 4.05. The van der Waals surface area contributed by atoms with E-state index in [1.807, 2.05) is 0 Å². The van der Waals surface area contributed by atoms with Crippen LogP contribution in [0.2, 0.25) is 0 Å². The fourth-order valence-corrected chi connectivity index (χ4v) is 2.10. The van der Waals surface area contributed by atoms with Gasteiger partial charge in [-0.25, -0.2) is 0 Å². The fraction of sp³-hybridized carbons (Fsp3) is 0.600. The minimum absolute atomic E-state index is 2.15. The normalized spacial score (nSPS) is 29.7. The Balaban J connectivity index is 0.000000344. The van der Waals surface area contributed by atoms with E-state index < -0.39 is 90.5 Å². The summed E-state index contributed by atoms with van der Waals surface area (Å²) in [6.07, 6.45) is -44.5. The predicted octanol–water partition coefficient (Wildman–Crippen LogP) is 8.76. The van der Waals surface area contributed by atoms with Crippen LogP contribution in [-0.4, -0.2) is 54.4 Å². The SMILES string of the molecule is FC(F)=C1OC(F)(C(F)(F)F)C(F)(C(F)(F)F)O1.FC(F)=C1OC(F)(F)C(F)(C(F)(F)F)O1.FC(F)=C1OC(F)(F)C(F)(F)O1. The zero-order valence-electron chi connectivity index (χ0n) is 19.0. The highest BCUT2D eigenvalue weighted by Gasteiger charge is 2.89. The number of hydrogen-bond acceptors (Lipinski definition) is 6. The highest BCUT2D eigenvalue weighted by atomic mass is 19.4. The first kappa shape index (κ1) is 39.4. The topological polar surface area (TPSA) is 55.4 Å². The maximum absolute atomic E-state index is 13.0. The molecular formula is C15F24O6. The number of rotatable bonds is 0. The second kappa shape index (κ2) is 11.3. The third kappa shape index (κ3) is 6.95. The molecule has 3 fully saturated rings. The monoisotopic (exact) mass is 732 g/mol. The van der Waals surface area contributed by atoms with Crippen LogP contribution < -0.4 is 0 Å². The molecule has 0 aromatic carbocycles. The molecule has 0 saturated carbocycles. The molecule has 0 N–H and O–H groups in total. The molecule has 3 aliphatic rings. The summed E-state index contributed by atoms with van der Waals surface area (Å²) in [5.74, 6) is -25.3. The van der Waals surface area contributed by atoms with Gasteiger partial charge in [0.25, 0.3) is 0 Å². The van der Waals surface area contributed by atoms with Gasteiger partial charge < -0.3 is 28.4 Å². The molecule has 0 spiro atoms. The van der Waals surface area contributed by atoms with Crippen LogP contribution in [-0.2, 0) is 28.4 Å². The van der Waals surface area contributed by atoms with E-state index >= 15 is 0 Å². The van der Waals surface area contributed by atoms with Crippen molar-refractivity contribution < 1.29 is 134 Å². The molecule has 3 heterocycles. The van der Waals surface area contributed by atoms with Crippen molar-refractivity contribution in [3.63, 3.8) is 0 Å². The van der Waals surface area contributed by atoms with Gasteiger partial charge in [0.15, 0.2) is 0 Å². The zero-order valence-corrected chi connectivity index (χ0v) is 19.0. The maximum Gasteiger partial charge on any atom is 0.510 e. The Morgan fingerprint density at radius 2 is 0.533 bits per heavy atom. The molecule has 3 atom stereocenters. The van der Waals surface area contributed by atoms with E-state index in [2.05, 4.69) is 28.4 Å². The van der Waals surface area contributed by atoms with Crippen LogP contribution in [0.15, 0.2) is 36.1 Å². The van der Waals surface area contributed by atoms with E-state index in [1.54, 1.807) is 0 Å². The summed E-state index contributed by atoms with van der Waals surface area (Å²) in [5, 5.41) is 0. The molecule has 0 aromatic rings. The summed E-state index contributed by atoms with van der Waals surface area (Å²) in [6, 6.07) is 0. The molecule has 0 aliphatic carbocycles. The van der Waals surface area contributed by atoms with Gasteiger partial charge in [-0.1, -0.05) is 0 Å². The van der Waals surface area contributed by atoms with Crippen LogP contribution in [0.3, 0.4) is 0 Å². The van der Waals surface area contributed by atoms with Crippen LogP contribution in [0.1, 0.15) is 0 Å². The second-order valence-electron chi connectivity index (χ2n) is 7.09. The quantitative estimate of drug-likeness (QED) is 0.233. The van der Waals surface area contributed by atoms with Gasteiger partial charge in [-0.2, -0.15) is 105 Å². The van der Waals surface area contributed by atoms with Crippen LogP contribution >= 0.6 is 0 Å². The lowest BCUT2D eigenvalue weighted by atomic mass is 10.1. The lowest BCUT2D eigenvalue weighted by Crippen LogP contribution is -2.62. The summed E-state index contributed by atoms with van der Waals surface area (Å²) in [6.45, 7) is 0. The van der Waals surface area contributed by atoms with Crippen molar-refractivity contribution in [1.82, 2.24) is 0 Å². The van der Waals surface area contributed by atoms with E-state index in [-0.39, 0.29) is 0 Å². The third-order valence-electron chi connectivity index (χ3n) is 4.05. The van der Waals surface area contributed by atoms with Crippen LogP contribution in [0.4, 0.5) is 105 Å². The summed E-state index contributed by atoms with van der Waals surface area (Å²) >= 11 is 0. The van der Waals surface area contributed by atoms with Gasteiger partial charge in [0.1, 0.15) is 0 Å². The Morgan fingerprint density at radius 3 is 0.711 bits per heavy atom. The largest absolute Gasteiger partial charge is 0.510 e. The van der Waals surface area contributed by atoms with Crippen molar-refractivity contribution in [3.05, 3.63) is 36.1 Å². The predicted molar refractivity (Wildman–Crippen MR) is 78.8 cm³/mol. The maximum atomic E-state index is 13.0. The standard InChI is InChI=1S/C6F10O2.C5F8O2.C4F6O2/c7-1(8)2-17-3(9,5(11,12)13)4(10,18-2)6(14,15)16;6-1(7)2-14-3(8,4(9,10)11)5(12,13)15-2;5-1(6)2-11-3(7,8)4(9,10)12-2. The molecule has 0 radical (unpaired) electrons. The van der Waals surface area contributed by atoms with Crippen molar-refractivity contribution in [2.24, 2.45) is 0 Å². The number of halogens is 24. The van der Waals surface area contributed by atoms with Crippen LogP contribution in [0.25, 0.3) is 0 Å². The molecule has 0 aromatic heterocycles. The van der Waals surface area contributed by atoms with Crippen molar-refractivity contribution in [3.8, 4) is 0 Å². The van der Waals surface area contributed by atoms with E-state index in [0.717, 1.165) is 0 Å². The number of ether oxygens (including phenoxy) is 6. The average Bonchev–Trinajstić information content (AvgIpc) is 3.33. The molecule has 0 amide bonds. The molecule has 3 saturated heterocycles. The first-order chi connectivity index (χ1) is 19.5. The summed E-state index contributed by atoms with van der Waals surface area (Å²) < 4.78 is 304. The Hall–Kier alpha value is -3.66. The zero-order chi connectivity index (χ0) is 36.2. The molecule has 3 rings (SSSR count). The summed E-state index contributed by atoms with van der Waals surface area (Å²) in [5.41, 5.74) is 0. The first-order valence-corrected chi connectivity index (χ1v) is 9.24. The molecule has 6 nitrogen and oxygen atoms in total. The lowest BCUT2D eigenvalue weighted by Gasteiger charge is -2.30. The van der Waals surface area contributed by atoms with E-state index in [9.17, 15) is 105 Å². The fourth-order valence-electron chi connectivity index (χ4n) is 2.10. The summed E-state index contributed by atoms with van der Waals surface area (Å²) in [4.78, 5) is 0.